The van der Waals surface area contributed by atoms with Crippen LogP contribution in [0.4, 0.5) is 8.78 Å². The summed E-state index contributed by atoms with van der Waals surface area (Å²) in [7, 11) is 1.23. The number of esters is 1. The molecule has 0 N–H and O–H groups in total. The van der Waals surface area contributed by atoms with Crippen LogP contribution in [0.1, 0.15) is 6.92 Å². The summed E-state index contributed by atoms with van der Waals surface area (Å²) in [6.45, 7) is 1.54. The molecule has 0 aliphatic heterocycles. The molecule has 0 aromatic heterocycles. The average Bonchev–Trinajstić information content (AvgIpc) is 2.30. The zero-order valence-electron chi connectivity index (χ0n) is 9.75. The number of carbonyl (C=O) groups is 1. The van der Waals surface area contributed by atoms with Crippen molar-refractivity contribution in [1.29, 1.82) is 0 Å². The molecule has 0 fully saturated rings. The molecule has 0 saturated carbocycles. The SMILES string of the molecule is COC(=O)C=C[C@@H](C)Oc1c(F)cc(Br)cc1F. The molecule has 0 amide bonds. The summed E-state index contributed by atoms with van der Waals surface area (Å²) in [5.74, 6) is -2.69. The van der Waals surface area contributed by atoms with Crippen LogP contribution in [-0.2, 0) is 9.53 Å². The van der Waals surface area contributed by atoms with Gasteiger partial charge in [-0.05, 0) is 25.1 Å². The molecule has 3 nitrogen and oxygen atoms in total. The predicted octanol–water partition coefficient (Wildman–Crippen LogP) is 3.22. The third-order valence-electron chi connectivity index (χ3n) is 1.97. The molecule has 0 heterocycles. The highest BCUT2D eigenvalue weighted by atomic mass is 79.9. The van der Waals surface area contributed by atoms with E-state index in [9.17, 15) is 13.6 Å². The number of carbonyl (C=O) groups excluding carboxylic acids is 1. The molecule has 0 aliphatic carbocycles. The van der Waals surface area contributed by atoms with E-state index in [1.54, 1.807) is 6.92 Å². The van der Waals surface area contributed by atoms with Crippen LogP contribution in [0.5, 0.6) is 5.75 Å². The molecule has 0 aliphatic rings. The van der Waals surface area contributed by atoms with E-state index in [4.69, 9.17) is 4.74 Å². The normalized spacial score (nSPS) is 12.5. The van der Waals surface area contributed by atoms with Gasteiger partial charge in [0.15, 0.2) is 17.4 Å². The zero-order chi connectivity index (χ0) is 13.7. The molecule has 0 radical (unpaired) electrons. The Bertz CT molecular complexity index is 451. The molecule has 6 heteroatoms. The van der Waals surface area contributed by atoms with Gasteiger partial charge in [0, 0.05) is 10.5 Å². The first-order valence-electron chi connectivity index (χ1n) is 5.01. The van der Waals surface area contributed by atoms with Crippen LogP contribution in [0.2, 0.25) is 0 Å². The molecule has 18 heavy (non-hydrogen) atoms. The van der Waals surface area contributed by atoms with Crippen molar-refractivity contribution in [2.24, 2.45) is 0 Å². The van der Waals surface area contributed by atoms with Gasteiger partial charge in [-0.1, -0.05) is 15.9 Å². The van der Waals surface area contributed by atoms with E-state index in [0.29, 0.717) is 0 Å². The third-order valence-corrected chi connectivity index (χ3v) is 2.43. The molecule has 0 bridgehead atoms. The Morgan fingerprint density at radius 1 is 1.39 bits per heavy atom. The topological polar surface area (TPSA) is 35.5 Å². The van der Waals surface area contributed by atoms with E-state index in [-0.39, 0.29) is 4.47 Å². The maximum atomic E-state index is 13.4. The fourth-order valence-corrected chi connectivity index (χ4v) is 1.55. The van der Waals surface area contributed by atoms with Crippen LogP contribution in [-0.4, -0.2) is 19.2 Å². The molecule has 1 atom stereocenters. The van der Waals surface area contributed by atoms with E-state index < -0.39 is 29.5 Å². The minimum absolute atomic E-state index is 0.280. The first-order valence-corrected chi connectivity index (χ1v) is 5.80. The minimum Gasteiger partial charge on any atom is -0.481 e. The lowest BCUT2D eigenvalue weighted by Gasteiger charge is -2.12. The van der Waals surface area contributed by atoms with Crippen LogP contribution in [0, 0.1) is 11.6 Å². The van der Waals surface area contributed by atoms with Gasteiger partial charge in [0.05, 0.1) is 7.11 Å². The number of hydrogen-bond acceptors (Lipinski definition) is 3. The van der Waals surface area contributed by atoms with Gasteiger partial charge in [-0.2, -0.15) is 0 Å². The minimum atomic E-state index is -0.819. The zero-order valence-corrected chi connectivity index (χ0v) is 11.3. The molecule has 1 aromatic rings. The molecule has 0 saturated heterocycles. The molecule has 0 spiro atoms. The van der Waals surface area contributed by atoms with Crippen molar-refractivity contribution in [3.63, 3.8) is 0 Å². The number of hydrogen-bond donors (Lipinski definition) is 0. The fraction of sp³-hybridized carbons (Fsp3) is 0.250. The van der Waals surface area contributed by atoms with E-state index in [2.05, 4.69) is 20.7 Å². The largest absolute Gasteiger partial charge is 0.481 e. The number of halogens is 3. The summed E-state index contributed by atoms with van der Waals surface area (Å²) >= 11 is 2.96. The lowest BCUT2D eigenvalue weighted by molar-refractivity contribution is -0.134. The quantitative estimate of drug-likeness (QED) is 0.631. The van der Waals surface area contributed by atoms with Gasteiger partial charge in [0.1, 0.15) is 6.10 Å². The Labute approximate surface area is 112 Å². The maximum Gasteiger partial charge on any atom is 0.330 e. The number of methoxy groups -OCH3 is 1. The Balaban J connectivity index is 2.79. The molecular weight excluding hydrogens is 310 g/mol. The molecule has 0 unspecified atom stereocenters. The average molecular weight is 321 g/mol. The summed E-state index contributed by atoms with van der Waals surface area (Å²) in [4.78, 5) is 10.8. The van der Waals surface area contributed by atoms with Gasteiger partial charge >= 0.3 is 5.97 Å². The Kier molecular flexibility index (Phi) is 5.27. The van der Waals surface area contributed by atoms with Crippen molar-refractivity contribution >= 4 is 21.9 Å². The number of ether oxygens (including phenoxy) is 2. The van der Waals surface area contributed by atoms with Gasteiger partial charge in [-0.3, -0.25) is 0 Å². The number of rotatable bonds is 4. The Morgan fingerprint density at radius 2 is 1.94 bits per heavy atom. The van der Waals surface area contributed by atoms with Crippen molar-refractivity contribution in [2.75, 3.05) is 7.11 Å². The van der Waals surface area contributed by atoms with Crippen molar-refractivity contribution in [1.82, 2.24) is 0 Å². The van der Waals surface area contributed by atoms with Gasteiger partial charge in [-0.15, -0.1) is 0 Å². The van der Waals surface area contributed by atoms with Crippen molar-refractivity contribution in [2.45, 2.75) is 13.0 Å². The second kappa shape index (κ2) is 6.49. The second-order valence-corrected chi connectivity index (χ2v) is 4.32. The summed E-state index contributed by atoms with van der Waals surface area (Å²) in [5, 5.41) is 0. The fourth-order valence-electron chi connectivity index (χ4n) is 1.15. The summed E-state index contributed by atoms with van der Waals surface area (Å²) < 4.78 is 36.6. The predicted molar refractivity (Wildman–Crippen MR) is 65.3 cm³/mol. The van der Waals surface area contributed by atoms with Crippen molar-refractivity contribution < 1.29 is 23.0 Å². The van der Waals surface area contributed by atoms with E-state index in [1.807, 2.05) is 0 Å². The van der Waals surface area contributed by atoms with Gasteiger partial charge in [0.25, 0.3) is 0 Å². The van der Waals surface area contributed by atoms with E-state index in [1.165, 1.54) is 13.2 Å². The van der Waals surface area contributed by atoms with Crippen LogP contribution in [0.3, 0.4) is 0 Å². The number of benzene rings is 1. The van der Waals surface area contributed by atoms with Gasteiger partial charge in [-0.25, -0.2) is 13.6 Å². The third kappa shape index (κ3) is 4.10. The van der Waals surface area contributed by atoms with Gasteiger partial charge in [0.2, 0.25) is 0 Å². The van der Waals surface area contributed by atoms with Crippen LogP contribution in [0.25, 0.3) is 0 Å². The second-order valence-electron chi connectivity index (χ2n) is 3.40. The summed E-state index contributed by atoms with van der Waals surface area (Å²) in [6.07, 6.45) is 1.79. The van der Waals surface area contributed by atoms with Crippen LogP contribution >= 0.6 is 15.9 Å². The van der Waals surface area contributed by atoms with Crippen molar-refractivity contribution in [3.8, 4) is 5.75 Å². The molecular formula is C12H11BrF2O3. The first kappa shape index (κ1) is 14.6. The summed E-state index contributed by atoms with van der Waals surface area (Å²) in [6, 6.07) is 2.18. The molecule has 1 rings (SSSR count). The Hall–Kier alpha value is -1.43. The maximum absolute atomic E-state index is 13.4. The molecule has 98 valence electrons. The standard InChI is InChI=1S/C12H11BrF2O3/c1-7(3-4-11(16)17-2)18-12-9(14)5-8(13)6-10(12)15/h3-7H,1-2H3/t7-/m1/s1. The van der Waals surface area contributed by atoms with Crippen LogP contribution in [0.15, 0.2) is 28.8 Å². The monoisotopic (exact) mass is 320 g/mol. The first-order chi connectivity index (χ1) is 8.43. The molecule has 1 aromatic carbocycles. The van der Waals surface area contributed by atoms with Crippen molar-refractivity contribution in [3.05, 3.63) is 40.4 Å². The highest BCUT2D eigenvalue weighted by molar-refractivity contribution is 9.10. The van der Waals surface area contributed by atoms with Gasteiger partial charge < -0.3 is 9.47 Å². The highest BCUT2D eigenvalue weighted by Crippen LogP contribution is 2.26. The summed E-state index contributed by atoms with van der Waals surface area (Å²) in [5.41, 5.74) is 0. The van der Waals surface area contributed by atoms with Crippen LogP contribution < -0.4 is 4.74 Å². The van der Waals surface area contributed by atoms with E-state index >= 15 is 0 Å². The smallest absolute Gasteiger partial charge is 0.330 e. The lowest BCUT2D eigenvalue weighted by Crippen LogP contribution is -2.11. The Morgan fingerprint density at radius 3 is 2.44 bits per heavy atom. The lowest BCUT2D eigenvalue weighted by atomic mass is 10.3. The highest BCUT2D eigenvalue weighted by Gasteiger charge is 2.14. The van der Waals surface area contributed by atoms with E-state index in [0.717, 1.165) is 18.2 Å².